The van der Waals surface area contributed by atoms with Gasteiger partial charge >= 0.3 is 0 Å². The first-order valence-corrected chi connectivity index (χ1v) is 11.1. The number of benzene rings is 1. The maximum absolute atomic E-state index is 12.3. The van der Waals surface area contributed by atoms with Crippen LogP contribution in [0.2, 0.25) is 5.02 Å². The van der Waals surface area contributed by atoms with E-state index >= 15 is 0 Å². The lowest BCUT2D eigenvalue weighted by Gasteiger charge is -2.35. The van der Waals surface area contributed by atoms with Crippen molar-refractivity contribution in [3.63, 3.8) is 0 Å². The molecule has 180 valence electrons. The van der Waals surface area contributed by atoms with Crippen LogP contribution in [0.1, 0.15) is 50.7 Å². The molecule has 1 fully saturated rings. The third-order valence-electron chi connectivity index (χ3n) is 5.56. The van der Waals surface area contributed by atoms with E-state index in [1.165, 1.54) is 17.6 Å². The van der Waals surface area contributed by atoms with Crippen molar-refractivity contribution in [1.82, 2.24) is 15.3 Å². The van der Waals surface area contributed by atoms with E-state index in [4.69, 9.17) is 30.0 Å². The van der Waals surface area contributed by atoms with Crippen molar-refractivity contribution in [2.75, 3.05) is 43.4 Å². The van der Waals surface area contributed by atoms with Crippen LogP contribution in [0.25, 0.3) is 6.08 Å². The van der Waals surface area contributed by atoms with E-state index in [2.05, 4.69) is 16.5 Å². The molecule has 34 heavy (non-hydrogen) atoms. The molecule has 1 saturated heterocycles. The summed E-state index contributed by atoms with van der Waals surface area (Å²) in [6.07, 6.45) is 1.69. The Balaban J connectivity index is 1.66. The smallest absolute Gasteiger partial charge is 0.257 e. The molecule has 3 heterocycles. The zero-order chi connectivity index (χ0) is 33.0. The zero-order valence-corrected chi connectivity index (χ0v) is 19.6. The summed E-state index contributed by atoms with van der Waals surface area (Å²) in [5.74, 6) is -2.05. The van der Waals surface area contributed by atoms with Crippen LogP contribution in [0, 0.1) is 11.8 Å². The third kappa shape index (κ3) is 5.20. The minimum Gasteiger partial charge on any atom is -0.482 e. The number of rotatable bonds is 6. The molecule has 0 radical (unpaired) electrons. The van der Waals surface area contributed by atoms with Gasteiger partial charge in [-0.15, -0.1) is 0 Å². The van der Waals surface area contributed by atoms with Gasteiger partial charge in [-0.25, -0.2) is 9.97 Å². The second-order valence-electron chi connectivity index (χ2n) is 8.36. The highest BCUT2D eigenvalue weighted by atomic mass is 35.5. The molecule has 0 spiro atoms. The molecule has 1 amide bonds. The van der Waals surface area contributed by atoms with Crippen molar-refractivity contribution in [3.8, 4) is 0 Å². The topological polar surface area (TPSA) is 70.6 Å². The molecule has 0 saturated carbocycles. The molecule has 2 atom stereocenters. The second kappa shape index (κ2) is 10.1. The summed E-state index contributed by atoms with van der Waals surface area (Å²) >= 11 is 6.46. The van der Waals surface area contributed by atoms with Crippen molar-refractivity contribution in [1.29, 1.82) is 0 Å². The summed E-state index contributed by atoms with van der Waals surface area (Å²) in [7, 11) is 0. The Morgan fingerprint density at radius 1 is 1.41 bits per heavy atom. The molecule has 0 aliphatic carbocycles. The first-order valence-electron chi connectivity index (χ1n) is 15.7. The van der Waals surface area contributed by atoms with Crippen LogP contribution in [0.5, 0.6) is 0 Å². The van der Waals surface area contributed by atoms with Gasteiger partial charge in [0.05, 0.1) is 25.4 Å². The Morgan fingerprint density at radius 2 is 2.21 bits per heavy atom. The molecule has 2 aliphatic heterocycles. The summed E-state index contributed by atoms with van der Waals surface area (Å²) in [5.41, 5.74) is 1.41. The number of nitrogens with one attached hydrogen (secondary N) is 1. The van der Waals surface area contributed by atoms with E-state index in [-0.39, 0.29) is 35.4 Å². The highest BCUT2D eigenvalue weighted by Gasteiger charge is 2.25. The van der Waals surface area contributed by atoms with Crippen LogP contribution in [-0.4, -0.2) is 49.5 Å². The molecule has 0 bridgehead atoms. The third-order valence-corrected chi connectivity index (χ3v) is 5.87. The molecule has 1 aromatic carbocycles. The second-order valence-corrected chi connectivity index (χ2v) is 8.76. The number of carbonyl (C=O) groups excluding carboxylic acids is 1. The van der Waals surface area contributed by atoms with Gasteiger partial charge in [-0.2, -0.15) is 0 Å². The van der Waals surface area contributed by atoms with Gasteiger partial charge in [-0.3, -0.25) is 4.79 Å². The van der Waals surface area contributed by atoms with Crippen LogP contribution in [0.4, 0.5) is 11.6 Å². The maximum atomic E-state index is 12.3. The van der Waals surface area contributed by atoms with Gasteiger partial charge in [-0.1, -0.05) is 38.1 Å². The Morgan fingerprint density at radius 3 is 2.94 bits per heavy atom. The normalized spacial score (nSPS) is 27.0. The minimum atomic E-state index is -3.17. The Labute approximate surface area is 220 Å². The molecule has 0 unspecified atom stereocenters. The van der Waals surface area contributed by atoms with Crippen LogP contribution < -0.4 is 15.1 Å². The molecule has 2 aliphatic rings. The molecular formula is C26H32ClN5O2. The first kappa shape index (κ1) is 14.4. The summed E-state index contributed by atoms with van der Waals surface area (Å²) in [6.45, 7) is -0.630. The van der Waals surface area contributed by atoms with E-state index < -0.39 is 32.8 Å². The number of hydrogen-bond donors (Lipinski definition) is 1. The number of ether oxygens (including phenoxy) is 1. The van der Waals surface area contributed by atoms with E-state index in [0.717, 1.165) is 4.90 Å². The molecule has 8 heteroatoms. The van der Waals surface area contributed by atoms with Crippen LogP contribution >= 0.6 is 11.6 Å². The Hall–Kier alpha value is -3.06. The Kier molecular flexibility index (Phi) is 4.25. The fourth-order valence-corrected chi connectivity index (χ4v) is 4.24. The quantitative estimate of drug-likeness (QED) is 0.650. The number of halogens is 1. The van der Waals surface area contributed by atoms with E-state index in [1.807, 2.05) is 18.7 Å². The number of fused-ring (bicyclic) bond motifs is 1. The fraction of sp³-hybridized carbons (Fsp3) is 0.423. The van der Waals surface area contributed by atoms with Crippen molar-refractivity contribution < 1.29 is 23.2 Å². The average Bonchev–Trinajstić information content (AvgIpc) is 2.87. The van der Waals surface area contributed by atoms with Crippen molar-refractivity contribution in [2.45, 2.75) is 26.6 Å². The van der Waals surface area contributed by atoms with Crippen LogP contribution in [0.3, 0.4) is 0 Å². The highest BCUT2D eigenvalue weighted by molar-refractivity contribution is 6.31. The Bertz CT molecular complexity index is 1480. The first-order chi connectivity index (χ1) is 20.1. The molecule has 1 N–H and O–H groups in total. The molecule has 7 nitrogen and oxygen atoms in total. The summed E-state index contributed by atoms with van der Waals surface area (Å²) in [4.78, 5) is 24.1. The predicted octanol–water partition coefficient (Wildman–Crippen LogP) is 4.27. The lowest BCUT2D eigenvalue weighted by Crippen LogP contribution is -2.39. The van der Waals surface area contributed by atoms with Gasteiger partial charge in [0.1, 0.15) is 5.76 Å². The molecule has 4 rings (SSSR count). The number of piperidine rings is 1. The van der Waals surface area contributed by atoms with Crippen molar-refractivity contribution in [2.24, 2.45) is 11.8 Å². The van der Waals surface area contributed by atoms with Gasteiger partial charge in [0.2, 0.25) is 5.95 Å². The van der Waals surface area contributed by atoms with Crippen molar-refractivity contribution >= 4 is 35.2 Å². The lowest BCUT2D eigenvalue weighted by atomic mass is 9.92. The number of likely N-dealkylation sites (N-methyl/N-ethyl adjacent to an activating group) is 2. The molecule has 2 aromatic rings. The number of hydrogen-bond acceptors (Lipinski definition) is 6. The monoisotopic (exact) mass is 491 g/mol. The van der Waals surface area contributed by atoms with Crippen molar-refractivity contribution in [3.05, 3.63) is 64.3 Å². The van der Waals surface area contributed by atoms with Crippen LogP contribution in [0.15, 0.2) is 42.4 Å². The number of anilines is 2. The SMILES string of the molecule is [2H]C([2H])([2H])NC(=O)C([2H])([2H])OC1=Cc2cc(Cc3nc(N4C[C@@H](C)C([2H])([2H])[C@@H](C)C4)ncc3Cl)ccc2N(C([2H])([2H])[2H])C1=C. The number of aromatic nitrogens is 2. The number of nitrogens with zero attached hydrogens (tertiary/aromatic N) is 4. The van der Waals surface area contributed by atoms with E-state index in [0.29, 0.717) is 40.9 Å². The van der Waals surface area contributed by atoms with Gasteiger partial charge in [-0.05, 0) is 42.0 Å². The fourth-order valence-electron chi connectivity index (χ4n) is 4.08. The zero-order valence-electron chi connectivity index (χ0n) is 28.9. The van der Waals surface area contributed by atoms with E-state index in [9.17, 15) is 4.79 Å². The van der Waals surface area contributed by atoms with Gasteiger partial charge < -0.3 is 19.9 Å². The number of carbonyl (C=O) groups is 1. The maximum Gasteiger partial charge on any atom is 0.257 e. The van der Waals surface area contributed by atoms with Gasteiger partial charge in [0.15, 0.2) is 6.56 Å². The molecule has 1 aromatic heterocycles. The number of amides is 1. The summed E-state index contributed by atoms with van der Waals surface area (Å²) < 4.78 is 83.6. The van der Waals surface area contributed by atoms with E-state index in [1.54, 1.807) is 18.2 Å². The highest BCUT2D eigenvalue weighted by Crippen LogP contribution is 2.35. The summed E-state index contributed by atoms with van der Waals surface area (Å²) in [6, 6.07) is 4.88. The van der Waals surface area contributed by atoms with Crippen LogP contribution in [-0.2, 0) is 16.0 Å². The summed E-state index contributed by atoms with van der Waals surface area (Å²) in [5, 5.41) is 1.83. The van der Waals surface area contributed by atoms with Gasteiger partial charge in [0, 0.05) is 55.7 Å². The average molecular weight is 492 g/mol. The predicted molar refractivity (Wildman–Crippen MR) is 137 cm³/mol. The molecular weight excluding hydrogens is 450 g/mol. The standard InChI is InChI=1S/C26H32ClN5O2/c1-16-8-17(2)14-32(13-16)26-29-12-21(27)22(30-26)10-19-6-7-23-20(9-19)11-24(18(3)31(23)5)34-15-25(33)28-4/h6-7,9,11-12,16-17H,3,8,10,13-15H2,1-2,4-5H3,(H,28,33)/t16-,17+/i4D3,5D3,8D2,15D2. The largest absolute Gasteiger partial charge is 0.482 e. The lowest BCUT2D eigenvalue weighted by molar-refractivity contribution is -0.123. The minimum absolute atomic E-state index is 0.210. The van der Waals surface area contributed by atoms with Gasteiger partial charge in [0.25, 0.3) is 5.91 Å².